The predicted octanol–water partition coefficient (Wildman–Crippen LogP) is 2.34. The number of hydrogen-bond donors (Lipinski definition) is 3. The number of benzene rings is 1. The largest absolute Gasteiger partial charge is 0.394 e. The first-order valence-corrected chi connectivity index (χ1v) is 6.88. The van der Waals surface area contributed by atoms with Crippen molar-refractivity contribution in [3.63, 3.8) is 0 Å². The lowest BCUT2D eigenvalue weighted by Crippen LogP contribution is -2.38. The molecule has 21 heavy (non-hydrogen) atoms. The summed E-state index contributed by atoms with van der Waals surface area (Å²) in [7, 11) is 0. The molecule has 0 aliphatic carbocycles. The molecule has 112 valence electrons. The van der Waals surface area contributed by atoms with Crippen molar-refractivity contribution in [1.82, 2.24) is 15.1 Å². The van der Waals surface area contributed by atoms with Crippen molar-refractivity contribution >= 4 is 23.4 Å². The van der Waals surface area contributed by atoms with Crippen molar-refractivity contribution in [3.05, 3.63) is 41.0 Å². The second-order valence-electron chi connectivity index (χ2n) is 4.74. The molecule has 1 unspecified atom stereocenters. The second kappa shape index (κ2) is 6.60. The van der Waals surface area contributed by atoms with Gasteiger partial charge in [0.05, 0.1) is 23.4 Å². The number of aryl methyl sites for hydroxylation is 1. The standard InChI is InChI=1S/C14H17ClN4O2/c1-9-7-19(12-6-4-3-5-11(12)15)18-13(9)17-14(21)16-10(2)8-20/h3-7,10,20H,8H2,1-2H3,(H2,16,17,18,21). The van der Waals surface area contributed by atoms with Crippen LogP contribution in [0.4, 0.5) is 10.6 Å². The summed E-state index contributed by atoms with van der Waals surface area (Å²) in [5, 5.41) is 19.0. The number of aliphatic hydroxyl groups is 1. The van der Waals surface area contributed by atoms with Crippen molar-refractivity contribution in [1.29, 1.82) is 0 Å². The molecule has 0 bridgehead atoms. The van der Waals surface area contributed by atoms with Gasteiger partial charge in [-0.15, -0.1) is 5.10 Å². The van der Waals surface area contributed by atoms with Crippen LogP contribution in [0, 0.1) is 6.92 Å². The van der Waals surface area contributed by atoms with Gasteiger partial charge >= 0.3 is 6.03 Å². The molecule has 1 aromatic heterocycles. The summed E-state index contributed by atoms with van der Waals surface area (Å²) in [6, 6.07) is 6.58. The zero-order chi connectivity index (χ0) is 15.4. The van der Waals surface area contributed by atoms with Gasteiger partial charge in [-0.2, -0.15) is 0 Å². The van der Waals surface area contributed by atoms with E-state index in [1.54, 1.807) is 23.9 Å². The maximum atomic E-state index is 11.7. The fourth-order valence-corrected chi connectivity index (χ4v) is 1.98. The molecule has 1 heterocycles. The van der Waals surface area contributed by atoms with E-state index in [2.05, 4.69) is 15.7 Å². The Bertz CT molecular complexity index is 642. The summed E-state index contributed by atoms with van der Waals surface area (Å²) in [6.45, 7) is 3.42. The Morgan fingerprint density at radius 1 is 1.48 bits per heavy atom. The number of halogens is 1. The Labute approximate surface area is 127 Å². The maximum absolute atomic E-state index is 11.7. The van der Waals surface area contributed by atoms with E-state index in [0.29, 0.717) is 10.8 Å². The smallest absolute Gasteiger partial charge is 0.320 e. The molecule has 2 rings (SSSR count). The molecule has 0 radical (unpaired) electrons. The Morgan fingerprint density at radius 2 is 2.19 bits per heavy atom. The third-order valence-corrected chi connectivity index (χ3v) is 3.20. The van der Waals surface area contributed by atoms with Crippen LogP contribution in [-0.2, 0) is 0 Å². The van der Waals surface area contributed by atoms with Crippen molar-refractivity contribution in [2.45, 2.75) is 19.9 Å². The summed E-state index contributed by atoms with van der Waals surface area (Å²) in [6.07, 6.45) is 1.78. The SMILES string of the molecule is Cc1cn(-c2ccccc2Cl)nc1NC(=O)NC(C)CO. The van der Waals surface area contributed by atoms with E-state index in [0.717, 1.165) is 11.3 Å². The van der Waals surface area contributed by atoms with Crippen LogP contribution in [0.25, 0.3) is 5.69 Å². The molecule has 0 fully saturated rings. The molecule has 0 spiro atoms. The lowest BCUT2D eigenvalue weighted by Gasteiger charge is -2.11. The third-order valence-electron chi connectivity index (χ3n) is 2.88. The molecular formula is C14H17ClN4O2. The van der Waals surface area contributed by atoms with E-state index in [4.69, 9.17) is 16.7 Å². The number of urea groups is 1. The van der Waals surface area contributed by atoms with Crippen LogP contribution in [0.2, 0.25) is 5.02 Å². The van der Waals surface area contributed by atoms with Gasteiger partial charge in [0.2, 0.25) is 0 Å². The molecular weight excluding hydrogens is 292 g/mol. The van der Waals surface area contributed by atoms with Gasteiger partial charge < -0.3 is 10.4 Å². The van der Waals surface area contributed by atoms with Gasteiger partial charge in [0, 0.05) is 11.8 Å². The molecule has 0 aliphatic rings. The normalized spacial score (nSPS) is 12.0. The minimum atomic E-state index is -0.413. The van der Waals surface area contributed by atoms with E-state index < -0.39 is 6.03 Å². The number of amides is 2. The van der Waals surface area contributed by atoms with Gasteiger partial charge in [-0.1, -0.05) is 23.7 Å². The number of carbonyl (C=O) groups excluding carboxylic acids is 1. The highest BCUT2D eigenvalue weighted by Gasteiger charge is 2.12. The molecule has 2 amide bonds. The number of aliphatic hydroxyl groups excluding tert-OH is 1. The lowest BCUT2D eigenvalue weighted by atomic mass is 10.3. The molecule has 7 heteroatoms. The van der Waals surface area contributed by atoms with Crippen molar-refractivity contribution in [2.24, 2.45) is 0 Å². The van der Waals surface area contributed by atoms with Gasteiger partial charge in [-0.25, -0.2) is 9.48 Å². The highest BCUT2D eigenvalue weighted by atomic mass is 35.5. The highest BCUT2D eigenvalue weighted by Crippen LogP contribution is 2.22. The summed E-state index contributed by atoms with van der Waals surface area (Å²) in [5.74, 6) is 0.442. The quantitative estimate of drug-likeness (QED) is 0.811. The molecule has 1 aromatic carbocycles. The molecule has 0 aliphatic heterocycles. The summed E-state index contributed by atoms with van der Waals surface area (Å²) in [4.78, 5) is 11.7. The van der Waals surface area contributed by atoms with Crippen molar-refractivity contribution < 1.29 is 9.90 Å². The van der Waals surface area contributed by atoms with Gasteiger partial charge in [0.25, 0.3) is 0 Å². The molecule has 0 saturated carbocycles. The van der Waals surface area contributed by atoms with Gasteiger partial charge in [-0.3, -0.25) is 5.32 Å². The van der Waals surface area contributed by atoms with E-state index in [9.17, 15) is 4.79 Å². The van der Waals surface area contributed by atoms with Crippen LogP contribution in [0.15, 0.2) is 30.5 Å². The number of carbonyl (C=O) groups is 1. The van der Waals surface area contributed by atoms with Gasteiger partial charge in [0.15, 0.2) is 5.82 Å². The molecule has 2 aromatic rings. The number of nitrogens with one attached hydrogen (secondary N) is 2. The Kier molecular flexibility index (Phi) is 4.82. The molecule has 6 nitrogen and oxygen atoms in total. The number of hydrogen-bond acceptors (Lipinski definition) is 3. The Morgan fingerprint density at radius 3 is 2.86 bits per heavy atom. The van der Waals surface area contributed by atoms with Crippen LogP contribution in [-0.4, -0.2) is 33.6 Å². The van der Waals surface area contributed by atoms with Crippen LogP contribution in [0.1, 0.15) is 12.5 Å². The summed E-state index contributed by atoms with van der Waals surface area (Å²) in [5.41, 5.74) is 1.54. The molecule has 0 saturated heterocycles. The Hall–Kier alpha value is -2.05. The zero-order valence-electron chi connectivity index (χ0n) is 11.8. The number of anilines is 1. The zero-order valence-corrected chi connectivity index (χ0v) is 12.6. The maximum Gasteiger partial charge on any atom is 0.320 e. The Balaban J connectivity index is 2.17. The van der Waals surface area contributed by atoms with E-state index >= 15 is 0 Å². The third kappa shape index (κ3) is 3.74. The summed E-state index contributed by atoms with van der Waals surface area (Å²) >= 11 is 6.13. The monoisotopic (exact) mass is 308 g/mol. The van der Waals surface area contributed by atoms with Crippen LogP contribution >= 0.6 is 11.6 Å². The van der Waals surface area contributed by atoms with Crippen LogP contribution in [0.5, 0.6) is 0 Å². The summed E-state index contributed by atoms with van der Waals surface area (Å²) < 4.78 is 1.61. The van der Waals surface area contributed by atoms with Crippen LogP contribution < -0.4 is 10.6 Å². The first-order valence-electron chi connectivity index (χ1n) is 6.51. The minimum absolute atomic E-state index is 0.125. The average Bonchev–Trinajstić information content (AvgIpc) is 2.80. The fourth-order valence-electron chi connectivity index (χ4n) is 1.76. The molecule has 3 N–H and O–H groups in total. The van der Waals surface area contributed by atoms with E-state index in [1.165, 1.54) is 0 Å². The topological polar surface area (TPSA) is 79.2 Å². The number of para-hydroxylation sites is 1. The van der Waals surface area contributed by atoms with Gasteiger partial charge in [0.1, 0.15) is 0 Å². The van der Waals surface area contributed by atoms with E-state index in [-0.39, 0.29) is 12.6 Å². The highest BCUT2D eigenvalue weighted by molar-refractivity contribution is 6.32. The predicted molar refractivity (Wildman–Crippen MR) is 82.0 cm³/mol. The number of aromatic nitrogens is 2. The second-order valence-corrected chi connectivity index (χ2v) is 5.15. The first-order chi connectivity index (χ1) is 10.0. The lowest BCUT2D eigenvalue weighted by molar-refractivity contribution is 0.229. The molecule has 1 atom stereocenters. The average molecular weight is 309 g/mol. The van der Waals surface area contributed by atoms with Crippen molar-refractivity contribution in [2.75, 3.05) is 11.9 Å². The number of nitrogens with zero attached hydrogens (tertiary/aromatic N) is 2. The first kappa shape index (κ1) is 15.3. The van der Waals surface area contributed by atoms with Crippen molar-refractivity contribution in [3.8, 4) is 5.69 Å². The minimum Gasteiger partial charge on any atom is -0.394 e. The van der Waals surface area contributed by atoms with Crippen LogP contribution in [0.3, 0.4) is 0 Å². The fraction of sp³-hybridized carbons (Fsp3) is 0.286. The van der Waals surface area contributed by atoms with Gasteiger partial charge in [-0.05, 0) is 26.0 Å². The van der Waals surface area contributed by atoms with E-state index in [1.807, 2.05) is 25.1 Å². The number of rotatable bonds is 4.